The van der Waals surface area contributed by atoms with Crippen LogP contribution in [0.25, 0.3) is 0 Å². The van der Waals surface area contributed by atoms with Crippen molar-refractivity contribution in [1.82, 2.24) is 14.8 Å². The Bertz CT molecular complexity index is 1090. The maximum atomic E-state index is 12.5. The molecule has 0 saturated carbocycles. The van der Waals surface area contributed by atoms with Crippen LogP contribution in [0, 0.1) is 13.8 Å². The van der Waals surface area contributed by atoms with Gasteiger partial charge in [-0.2, -0.15) is 0 Å². The van der Waals surface area contributed by atoms with Gasteiger partial charge in [0, 0.05) is 6.54 Å². The summed E-state index contributed by atoms with van der Waals surface area (Å²) < 4.78 is 8.01. The van der Waals surface area contributed by atoms with Crippen LogP contribution in [-0.2, 0) is 11.3 Å². The number of anilines is 1. The summed E-state index contributed by atoms with van der Waals surface area (Å²) in [6, 6.07) is 11.1. The first kappa shape index (κ1) is 24.2. The molecule has 1 N–H and O–H groups in total. The minimum Gasteiger partial charge on any atom is -0.483 e. The number of aromatic nitrogens is 3. The molecule has 1 atom stereocenters. The second kappa shape index (κ2) is 10.9. The smallest absolute Gasteiger partial charge is 0.234 e. The summed E-state index contributed by atoms with van der Waals surface area (Å²) in [5.41, 5.74) is 2.64. The zero-order valence-electron chi connectivity index (χ0n) is 18.1. The number of hydrogen-bond donors (Lipinski definition) is 1. The summed E-state index contributed by atoms with van der Waals surface area (Å²) in [6.07, 6.45) is 1.41. The third-order valence-electron chi connectivity index (χ3n) is 4.49. The van der Waals surface area contributed by atoms with Crippen LogP contribution in [0.3, 0.4) is 0 Å². The molecule has 0 radical (unpaired) electrons. The summed E-state index contributed by atoms with van der Waals surface area (Å²) in [7, 11) is 0. The van der Waals surface area contributed by atoms with Crippen molar-refractivity contribution < 1.29 is 9.53 Å². The van der Waals surface area contributed by atoms with Gasteiger partial charge in [-0.15, -0.1) is 16.8 Å². The Balaban J connectivity index is 1.71. The minimum absolute atomic E-state index is 0.114. The van der Waals surface area contributed by atoms with E-state index in [0.717, 1.165) is 16.9 Å². The number of ether oxygens (including phenoxy) is 1. The molecule has 0 saturated heterocycles. The summed E-state index contributed by atoms with van der Waals surface area (Å²) >= 11 is 13.5. The summed E-state index contributed by atoms with van der Waals surface area (Å²) in [5.74, 6) is 1.29. The first-order chi connectivity index (χ1) is 15.3. The first-order valence-corrected chi connectivity index (χ1v) is 11.7. The van der Waals surface area contributed by atoms with Gasteiger partial charge in [-0.1, -0.05) is 53.2 Å². The van der Waals surface area contributed by atoms with E-state index in [1.54, 1.807) is 24.3 Å². The third-order valence-corrected chi connectivity index (χ3v) is 6.09. The van der Waals surface area contributed by atoms with Crippen LogP contribution >= 0.6 is 35.0 Å². The van der Waals surface area contributed by atoms with Gasteiger partial charge in [-0.05, 0) is 56.2 Å². The molecular formula is C23H24Cl2N4O2S. The average molecular weight is 491 g/mol. The van der Waals surface area contributed by atoms with Crippen LogP contribution in [0.1, 0.15) is 30.0 Å². The third kappa shape index (κ3) is 6.06. The number of thioether (sulfide) groups is 1. The molecule has 6 nitrogen and oxygen atoms in total. The van der Waals surface area contributed by atoms with Crippen LogP contribution in [-0.4, -0.2) is 26.4 Å². The fourth-order valence-electron chi connectivity index (χ4n) is 3.19. The largest absolute Gasteiger partial charge is 0.483 e. The molecule has 1 aromatic heterocycles. The second-order valence-corrected chi connectivity index (χ2v) is 9.01. The molecule has 32 heavy (non-hydrogen) atoms. The lowest BCUT2D eigenvalue weighted by molar-refractivity contribution is -0.113. The molecule has 0 spiro atoms. The van der Waals surface area contributed by atoms with Gasteiger partial charge in [0.25, 0.3) is 0 Å². The number of nitrogens with one attached hydrogen (secondary N) is 1. The standard InChI is InChI=1S/C23H24Cl2N4O2S/c1-5-9-29-22(16(4)31-17-11-14(2)10-15(3)12-17)27-28-23(29)32-13-20(30)26-21-18(24)7-6-8-19(21)25/h5-8,10-12,16H,1,9,13H2,2-4H3,(H,26,30). The summed E-state index contributed by atoms with van der Waals surface area (Å²) in [5, 5.41) is 12.7. The molecule has 168 valence electrons. The fraction of sp³-hybridized carbons (Fsp3) is 0.261. The molecule has 0 aliphatic carbocycles. The molecule has 9 heteroatoms. The van der Waals surface area contributed by atoms with E-state index in [2.05, 4.69) is 28.2 Å². The van der Waals surface area contributed by atoms with E-state index in [4.69, 9.17) is 27.9 Å². The highest BCUT2D eigenvalue weighted by Gasteiger charge is 2.20. The Morgan fingerprint density at radius 2 is 1.88 bits per heavy atom. The monoisotopic (exact) mass is 490 g/mol. The number of para-hydroxylation sites is 1. The van der Waals surface area contributed by atoms with Gasteiger partial charge < -0.3 is 10.1 Å². The molecule has 0 bridgehead atoms. The number of rotatable bonds is 9. The molecular weight excluding hydrogens is 467 g/mol. The number of allylic oxidation sites excluding steroid dienone is 1. The van der Waals surface area contributed by atoms with E-state index in [0.29, 0.717) is 33.3 Å². The van der Waals surface area contributed by atoms with Gasteiger partial charge in [0.2, 0.25) is 5.91 Å². The fourth-order valence-corrected chi connectivity index (χ4v) is 4.44. The predicted molar refractivity (Wildman–Crippen MR) is 131 cm³/mol. The van der Waals surface area contributed by atoms with Gasteiger partial charge >= 0.3 is 0 Å². The van der Waals surface area contributed by atoms with Crippen LogP contribution < -0.4 is 10.1 Å². The van der Waals surface area contributed by atoms with Crippen LogP contribution in [0.5, 0.6) is 5.75 Å². The van der Waals surface area contributed by atoms with Gasteiger partial charge in [0.15, 0.2) is 17.1 Å². The number of nitrogens with zero attached hydrogens (tertiary/aromatic N) is 3. The van der Waals surface area contributed by atoms with E-state index in [-0.39, 0.29) is 17.8 Å². The SMILES string of the molecule is C=CCn1c(SCC(=O)Nc2c(Cl)cccc2Cl)nnc1C(C)Oc1cc(C)cc(C)c1. The lowest BCUT2D eigenvalue weighted by Gasteiger charge is -2.16. The molecule has 0 aliphatic rings. The predicted octanol–water partition coefficient (Wildman–Crippen LogP) is 6.26. The number of halogens is 2. The van der Waals surface area contributed by atoms with Gasteiger partial charge in [-0.25, -0.2) is 0 Å². The summed E-state index contributed by atoms with van der Waals surface area (Å²) in [4.78, 5) is 12.5. The van der Waals surface area contributed by atoms with Crippen LogP contribution in [0.2, 0.25) is 10.0 Å². The van der Waals surface area contributed by atoms with Crippen molar-refractivity contribution in [1.29, 1.82) is 0 Å². The molecule has 0 fully saturated rings. The lowest BCUT2D eigenvalue weighted by Crippen LogP contribution is -2.16. The molecule has 1 unspecified atom stereocenters. The number of carbonyl (C=O) groups is 1. The van der Waals surface area contributed by atoms with Gasteiger partial charge in [0.05, 0.1) is 21.5 Å². The molecule has 1 heterocycles. The molecule has 3 aromatic rings. The number of amides is 1. The maximum absolute atomic E-state index is 12.5. The first-order valence-electron chi connectivity index (χ1n) is 9.94. The highest BCUT2D eigenvalue weighted by atomic mass is 35.5. The Labute approximate surface area is 202 Å². The van der Waals surface area contributed by atoms with E-state index < -0.39 is 0 Å². The van der Waals surface area contributed by atoms with Crippen molar-refractivity contribution in [3.8, 4) is 5.75 Å². The Kier molecular flexibility index (Phi) is 8.23. The zero-order chi connectivity index (χ0) is 23.3. The van der Waals surface area contributed by atoms with Crippen molar-refractivity contribution in [2.24, 2.45) is 0 Å². The molecule has 0 aliphatic heterocycles. The Hall–Kier alpha value is -2.48. The zero-order valence-corrected chi connectivity index (χ0v) is 20.4. The van der Waals surface area contributed by atoms with E-state index in [1.807, 2.05) is 37.5 Å². The average Bonchev–Trinajstić information content (AvgIpc) is 3.11. The van der Waals surface area contributed by atoms with Crippen LogP contribution in [0.15, 0.2) is 54.2 Å². The van der Waals surface area contributed by atoms with E-state index in [9.17, 15) is 4.79 Å². The topological polar surface area (TPSA) is 69.0 Å². The minimum atomic E-state index is -0.339. The van der Waals surface area contributed by atoms with Crippen molar-refractivity contribution in [2.75, 3.05) is 11.1 Å². The van der Waals surface area contributed by atoms with Crippen molar-refractivity contribution in [3.05, 3.63) is 76.0 Å². The van der Waals surface area contributed by atoms with Crippen LogP contribution in [0.4, 0.5) is 5.69 Å². The second-order valence-electron chi connectivity index (χ2n) is 7.26. The van der Waals surface area contributed by atoms with Gasteiger partial charge in [0.1, 0.15) is 5.75 Å². The molecule has 3 rings (SSSR count). The van der Waals surface area contributed by atoms with E-state index in [1.165, 1.54) is 11.8 Å². The van der Waals surface area contributed by atoms with Crippen molar-refractivity contribution in [3.63, 3.8) is 0 Å². The quantitative estimate of drug-likeness (QED) is 0.283. The normalized spacial score (nSPS) is 11.8. The number of benzene rings is 2. The number of carbonyl (C=O) groups excluding carboxylic acids is 1. The molecule has 2 aromatic carbocycles. The lowest BCUT2D eigenvalue weighted by atomic mass is 10.1. The summed E-state index contributed by atoms with van der Waals surface area (Å²) in [6.45, 7) is 10.3. The van der Waals surface area contributed by atoms with E-state index >= 15 is 0 Å². The van der Waals surface area contributed by atoms with Crippen molar-refractivity contribution in [2.45, 2.75) is 38.6 Å². The molecule has 1 amide bonds. The number of aryl methyl sites for hydroxylation is 2. The highest BCUT2D eigenvalue weighted by Crippen LogP contribution is 2.30. The van der Waals surface area contributed by atoms with Crippen molar-refractivity contribution >= 4 is 46.6 Å². The maximum Gasteiger partial charge on any atom is 0.234 e. The Morgan fingerprint density at radius 1 is 1.22 bits per heavy atom. The number of hydrogen-bond acceptors (Lipinski definition) is 5. The highest BCUT2D eigenvalue weighted by molar-refractivity contribution is 7.99. The van der Waals surface area contributed by atoms with Gasteiger partial charge in [-0.3, -0.25) is 9.36 Å². The Morgan fingerprint density at radius 3 is 2.50 bits per heavy atom.